The Morgan fingerprint density at radius 3 is 2.70 bits per heavy atom. The van der Waals surface area contributed by atoms with Gasteiger partial charge in [-0.3, -0.25) is 4.79 Å². The van der Waals surface area contributed by atoms with Gasteiger partial charge in [-0.05, 0) is 49.9 Å². The van der Waals surface area contributed by atoms with Crippen molar-refractivity contribution in [3.8, 4) is 0 Å². The van der Waals surface area contributed by atoms with Crippen LogP contribution in [-0.4, -0.2) is 37.5 Å². The van der Waals surface area contributed by atoms with Crippen molar-refractivity contribution in [2.24, 2.45) is 0 Å². The van der Waals surface area contributed by atoms with E-state index in [2.05, 4.69) is 27.0 Å². The summed E-state index contributed by atoms with van der Waals surface area (Å²) < 4.78 is 15.5. The van der Waals surface area contributed by atoms with E-state index in [-0.39, 0.29) is 17.8 Å². The lowest BCUT2D eigenvalue weighted by atomic mass is 10.2. The number of fused-ring (bicyclic) bond motifs is 3. The van der Waals surface area contributed by atoms with Gasteiger partial charge in [0.05, 0.1) is 5.52 Å². The molecule has 1 atom stereocenters. The van der Waals surface area contributed by atoms with Crippen LogP contribution in [0.4, 0.5) is 4.39 Å². The number of nitrogens with zero attached hydrogens (tertiary/aromatic N) is 4. The molecular weight excluding hydrogens is 437 g/mol. The molecule has 0 aliphatic heterocycles. The number of nitrogens with one attached hydrogen (secondary N) is 1. The first-order valence-corrected chi connectivity index (χ1v) is 12.3. The molecule has 33 heavy (non-hydrogen) atoms. The molecule has 0 aliphatic rings. The number of carbonyl (C=O) groups is 1. The Hall–Kier alpha value is -3.00. The van der Waals surface area contributed by atoms with Gasteiger partial charge in [0, 0.05) is 30.1 Å². The molecule has 8 heteroatoms. The number of amides is 1. The maximum atomic E-state index is 13.4. The van der Waals surface area contributed by atoms with Gasteiger partial charge in [0.25, 0.3) is 0 Å². The number of benzene rings is 2. The lowest BCUT2D eigenvalue weighted by molar-refractivity contribution is -0.121. The predicted molar refractivity (Wildman–Crippen MR) is 131 cm³/mol. The second-order valence-electron chi connectivity index (χ2n) is 8.18. The van der Waals surface area contributed by atoms with Crippen LogP contribution in [0.5, 0.6) is 0 Å². The van der Waals surface area contributed by atoms with Crippen molar-refractivity contribution in [2.75, 3.05) is 5.75 Å². The molecule has 2 aromatic carbocycles. The molecule has 0 bridgehead atoms. The van der Waals surface area contributed by atoms with E-state index in [0.29, 0.717) is 18.1 Å². The number of hydrogen-bond acceptors (Lipinski definition) is 5. The summed E-state index contributed by atoms with van der Waals surface area (Å²) in [6, 6.07) is 14.8. The number of aromatic nitrogens is 4. The molecule has 4 aromatic rings. The van der Waals surface area contributed by atoms with Crippen LogP contribution < -0.4 is 5.32 Å². The molecule has 1 unspecified atom stereocenters. The van der Waals surface area contributed by atoms with Crippen LogP contribution in [0.1, 0.15) is 45.1 Å². The van der Waals surface area contributed by atoms with E-state index < -0.39 is 0 Å². The van der Waals surface area contributed by atoms with Crippen LogP contribution >= 0.6 is 11.8 Å². The lowest BCUT2D eigenvalue weighted by Gasteiger charge is -2.10. The highest BCUT2D eigenvalue weighted by Gasteiger charge is 2.15. The third kappa shape index (κ3) is 5.68. The summed E-state index contributed by atoms with van der Waals surface area (Å²) >= 11 is 1.55. The fourth-order valence-electron chi connectivity index (χ4n) is 3.68. The summed E-state index contributed by atoms with van der Waals surface area (Å²) in [7, 11) is 0. The molecule has 4 rings (SSSR count). The van der Waals surface area contributed by atoms with Crippen molar-refractivity contribution in [2.45, 2.75) is 57.3 Å². The molecule has 2 heterocycles. The predicted octanol–water partition coefficient (Wildman–Crippen LogP) is 5.34. The number of halogens is 1. The van der Waals surface area contributed by atoms with Gasteiger partial charge >= 0.3 is 0 Å². The fourth-order valence-corrected chi connectivity index (χ4v) is 4.46. The molecule has 1 N–H and O–H groups in total. The molecule has 1 amide bonds. The summed E-state index contributed by atoms with van der Waals surface area (Å²) in [4.78, 5) is 16.7. The summed E-state index contributed by atoms with van der Waals surface area (Å²) in [6.07, 6.45) is 3.20. The van der Waals surface area contributed by atoms with E-state index in [0.717, 1.165) is 52.6 Å². The van der Waals surface area contributed by atoms with Crippen LogP contribution in [0.15, 0.2) is 53.7 Å². The van der Waals surface area contributed by atoms with Gasteiger partial charge in [-0.1, -0.05) is 49.0 Å². The maximum absolute atomic E-state index is 13.4. The number of unbranched alkanes of at least 4 members (excludes halogenated alkanes) is 1. The molecule has 0 saturated carbocycles. The van der Waals surface area contributed by atoms with Crippen LogP contribution in [0.2, 0.25) is 0 Å². The molecule has 0 spiro atoms. The summed E-state index contributed by atoms with van der Waals surface area (Å²) in [5.74, 6) is 0.683. The van der Waals surface area contributed by atoms with Gasteiger partial charge in [-0.15, -0.1) is 10.2 Å². The van der Waals surface area contributed by atoms with Crippen molar-refractivity contribution in [1.29, 1.82) is 0 Å². The van der Waals surface area contributed by atoms with E-state index in [1.54, 1.807) is 23.9 Å². The minimum Gasteiger partial charge on any atom is -0.354 e. The zero-order valence-corrected chi connectivity index (χ0v) is 19.7. The van der Waals surface area contributed by atoms with Crippen LogP contribution in [0.25, 0.3) is 22.1 Å². The number of rotatable bonds is 10. The zero-order chi connectivity index (χ0) is 23.2. The first-order valence-electron chi connectivity index (χ1n) is 11.3. The largest absolute Gasteiger partial charge is 0.354 e. The molecule has 172 valence electrons. The second kappa shape index (κ2) is 10.7. The Balaban J connectivity index is 1.47. The van der Waals surface area contributed by atoms with E-state index in [1.807, 2.05) is 31.2 Å². The Morgan fingerprint density at radius 1 is 1.12 bits per heavy atom. The Bertz CT molecular complexity index is 1240. The Labute approximate surface area is 197 Å². The fraction of sp³-hybridized carbons (Fsp3) is 0.360. The Morgan fingerprint density at radius 2 is 1.91 bits per heavy atom. The minimum absolute atomic E-state index is 0.110. The van der Waals surface area contributed by atoms with Crippen molar-refractivity contribution in [3.05, 3.63) is 59.9 Å². The van der Waals surface area contributed by atoms with Crippen LogP contribution in [-0.2, 0) is 11.3 Å². The van der Waals surface area contributed by atoms with E-state index in [4.69, 9.17) is 4.98 Å². The highest BCUT2D eigenvalue weighted by atomic mass is 32.2. The normalized spacial score (nSPS) is 12.3. The van der Waals surface area contributed by atoms with E-state index in [1.165, 1.54) is 12.1 Å². The van der Waals surface area contributed by atoms with Gasteiger partial charge in [-0.2, -0.15) is 0 Å². The van der Waals surface area contributed by atoms with Gasteiger partial charge in [0.2, 0.25) is 11.1 Å². The summed E-state index contributed by atoms with van der Waals surface area (Å²) in [5.41, 5.74) is 3.54. The first-order chi connectivity index (χ1) is 16.0. The standard InChI is InChI=1S/C25H28FN5OS/c1-3-17(2)27-22(32)10-6-7-15-33-25-28-24-23(29-30-25)20-8-4-5-9-21(20)31(24)16-18-11-13-19(26)14-12-18/h4-5,8-9,11-14,17H,3,6-7,10,15-16H2,1-2H3,(H,27,32). The number of para-hydroxylation sites is 1. The van der Waals surface area contributed by atoms with Gasteiger partial charge in [0.15, 0.2) is 5.65 Å². The molecule has 0 aliphatic carbocycles. The van der Waals surface area contributed by atoms with Crippen LogP contribution in [0, 0.1) is 5.82 Å². The third-order valence-electron chi connectivity index (χ3n) is 5.66. The highest BCUT2D eigenvalue weighted by Crippen LogP contribution is 2.28. The second-order valence-corrected chi connectivity index (χ2v) is 9.24. The molecule has 2 aromatic heterocycles. The third-order valence-corrected chi connectivity index (χ3v) is 6.58. The molecule has 0 saturated heterocycles. The van der Waals surface area contributed by atoms with E-state index >= 15 is 0 Å². The van der Waals surface area contributed by atoms with Crippen molar-refractivity contribution in [1.82, 2.24) is 25.1 Å². The topological polar surface area (TPSA) is 72.7 Å². The number of carbonyl (C=O) groups excluding carboxylic acids is 1. The maximum Gasteiger partial charge on any atom is 0.220 e. The van der Waals surface area contributed by atoms with Crippen LogP contribution in [0.3, 0.4) is 0 Å². The van der Waals surface area contributed by atoms with Gasteiger partial charge in [0.1, 0.15) is 11.3 Å². The summed E-state index contributed by atoms with van der Waals surface area (Å²) in [5, 5.41) is 13.4. The summed E-state index contributed by atoms with van der Waals surface area (Å²) in [6.45, 7) is 4.65. The monoisotopic (exact) mass is 465 g/mol. The molecule has 0 fully saturated rings. The molecule has 6 nitrogen and oxygen atoms in total. The number of hydrogen-bond donors (Lipinski definition) is 1. The van der Waals surface area contributed by atoms with Crippen molar-refractivity contribution < 1.29 is 9.18 Å². The average molecular weight is 466 g/mol. The van der Waals surface area contributed by atoms with Crippen molar-refractivity contribution >= 4 is 39.7 Å². The quantitative estimate of drug-likeness (QED) is 0.253. The Kier molecular flexibility index (Phi) is 7.54. The first kappa shape index (κ1) is 23.2. The van der Waals surface area contributed by atoms with Gasteiger partial charge < -0.3 is 9.88 Å². The minimum atomic E-state index is -0.249. The van der Waals surface area contributed by atoms with Crippen molar-refractivity contribution in [3.63, 3.8) is 0 Å². The van der Waals surface area contributed by atoms with E-state index in [9.17, 15) is 9.18 Å². The average Bonchev–Trinajstić information content (AvgIpc) is 3.13. The molecular formula is C25H28FN5OS. The number of thioether (sulfide) groups is 1. The molecule has 0 radical (unpaired) electrons. The zero-order valence-electron chi connectivity index (χ0n) is 18.9. The highest BCUT2D eigenvalue weighted by molar-refractivity contribution is 7.99. The smallest absolute Gasteiger partial charge is 0.220 e. The lowest BCUT2D eigenvalue weighted by Crippen LogP contribution is -2.31. The SMILES string of the molecule is CCC(C)NC(=O)CCCCSc1nnc2c3ccccc3n(Cc3ccc(F)cc3)c2n1. The van der Waals surface area contributed by atoms with Gasteiger partial charge in [-0.25, -0.2) is 9.37 Å².